The van der Waals surface area contributed by atoms with Gasteiger partial charge in [0.15, 0.2) is 0 Å². The zero-order chi connectivity index (χ0) is 20.3. The summed E-state index contributed by atoms with van der Waals surface area (Å²) in [6, 6.07) is 0. The Morgan fingerprint density at radius 2 is 0.800 bits per heavy atom. The van der Waals surface area contributed by atoms with Crippen LogP contribution in [-0.2, 0) is 9.59 Å². The maximum absolute atomic E-state index is 12.6. The van der Waals surface area contributed by atoms with Gasteiger partial charge in [0.1, 0.15) is 0 Å². The summed E-state index contributed by atoms with van der Waals surface area (Å²) < 4.78 is 0. The van der Waals surface area contributed by atoms with E-state index in [1.807, 2.05) is 0 Å². The molecule has 0 atom stereocenters. The molecular weight excluding hydrogens is 372 g/mol. The first kappa shape index (κ1) is 19.6. The van der Waals surface area contributed by atoms with Crippen LogP contribution in [0.4, 0.5) is 0 Å². The Labute approximate surface area is 181 Å². The Hall–Kier alpha value is -1.06. The van der Waals surface area contributed by atoms with Crippen LogP contribution in [0.5, 0.6) is 0 Å². The van der Waals surface area contributed by atoms with Crippen molar-refractivity contribution in [1.29, 1.82) is 0 Å². The van der Waals surface area contributed by atoms with Crippen LogP contribution in [0, 0.1) is 46.3 Å². The second kappa shape index (κ2) is 7.24. The lowest BCUT2D eigenvalue weighted by Crippen LogP contribution is -2.49. The fourth-order valence-corrected chi connectivity index (χ4v) is 10.2. The van der Waals surface area contributed by atoms with Crippen molar-refractivity contribution in [1.82, 2.24) is 10.6 Å². The summed E-state index contributed by atoms with van der Waals surface area (Å²) in [5, 5.41) is 6.24. The highest BCUT2D eigenvalue weighted by molar-refractivity contribution is 5.78. The summed E-state index contributed by atoms with van der Waals surface area (Å²) in [5.41, 5.74) is 0.612. The molecular formula is C26H40N2O2. The van der Waals surface area contributed by atoms with E-state index in [1.54, 1.807) is 0 Å². The molecule has 4 heteroatoms. The number of nitrogens with one attached hydrogen (secondary N) is 2. The second-order valence-corrected chi connectivity index (χ2v) is 12.9. The molecule has 0 saturated heterocycles. The number of rotatable bonds is 7. The summed E-state index contributed by atoms with van der Waals surface area (Å²) in [4.78, 5) is 25.3. The maximum atomic E-state index is 12.6. The van der Waals surface area contributed by atoms with Gasteiger partial charge in [0.25, 0.3) is 0 Å². The van der Waals surface area contributed by atoms with Crippen LogP contribution in [0.3, 0.4) is 0 Å². The number of carbonyl (C=O) groups is 2. The zero-order valence-corrected chi connectivity index (χ0v) is 18.6. The molecule has 2 N–H and O–H groups in total. The minimum atomic E-state index is 0.215. The number of amides is 2. The van der Waals surface area contributed by atoms with Crippen LogP contribution in [0.15, 0.2) is 0 Å². The monoisotopic (exact) mass is 412 g/mol. The highest BCUT2D eigenvalue weighted by Gasteiger charge is 2.52. The van der Waals surface area contributed by atoms with Crippen molar-refractivity contribution in [2.75, 3.05) is 13.1 Å². The first-order valence-electron chi connectivity index (χ1n) is 13.0. The van der Waals surface area contributed by atoms with Crippen LogP contribution in [0.25, 0.3) is 0 Å². The van der Waals surface area contributed by atoms with Gasteiger partial charge < -0.3 is 10.6 Å². The van der Waals surface area contributed by atoms with Crippen molar-refractivity contribution < 1.29 is 9.59 Å². The quantitative estimate of drug-likeness (QED) is 0.608. The van der Waals surface area contributed by atoms with E-state index >= 15 is 0 Å². The highest BCUT2D eigenvalue weighted by Crippen LogP contribution is 2.62. The third kappa shape index (κ3) is 3.71. The predicted octanol–water partition coefficient (Wildman–Crippen LogP) is 4.43. The van der Waals surface area contributed by atoms with Crippen molar-refractivity contribution in [2.24, 2.45) is 46.3 Å². The zero-order valence-electron chi connectivity index (χ0n) is 18.6. The molecule has 4 nitrogen and oxygen atoms in total. The largest absolute Gasteiger partial charge is 0.354 e. The van der Waals surface area contributed by atoms with Gasteiger partial charge >= 0.3 is 0 Å². The van der Waals surface area contributed by atoms with Gasteiger partial charge in [-0.3, -0.25) is 9.59 Å². The molecule has 8 aliphatic carbocycles. The normalized spacial score (nSPS) is 47.5. The molecule has 0 spiro atoms. The molecule has 8 rings (SSSR count). The van der Waals surface area contributed by atoms with Crippen LogP contribution in [0.2, 0.25) is 0 Å². The molecule has 0 aromatic carbocycles. The third-order valence-electron chi connectivity index (χ3n) is 10.2. The Kier molecular flexibility index (Phi) is 4.73. The molecule has 8 fully saturated rings. The standard InChI is InChI=1S/C26H40N2O2/c29-23(15-25-9-17-3-18(10-25)5-19(4-17)11-25)27-1-2-28-24(30)16-26-12-20-6-21(13-26)8-22(7-20)14-26/h17-22H,1-16H2,(H,27,29)(H,28,30). The van der Waals surface area contributed by atoms with Gasteiger partial charge in [-0.1, -0.05) is 0 Å². The van der Waals surface area contributed by atoms with Crippen molar-refractivity contribution in [2.45, 2.75) is 89.9 Å². The molecule has 30 heavy (non-hydrogen) atoms. The lowest BCUT2D eigenvalue weighted by Gasteiger charge is -2.56. The Morgan fingerprint density at radius 3 is 1.07 bits per heavy atom. The summed E-state index contributed by atoms with van der Waals surface area (Å²) in [7, 11) is 0. The minimum absolute atomic E-state index is 0.215. The smallest absolute Gasteiger partial charge is 0.220 e. The van der Waals surface area contributed by atoms with Crippen molar-refractivity contribution in [3.05, 3.63) is 0 Å². The van der Waals surface area contributed by atoms with Crippen LogP contribution in [-0.4, -0.2) is 24.9 Å². The summed E-state index contributed by atoms with van der Waals surface area (Å²) in [6.07, 6.45) is 17.7. The number of carbonyl (C=O) groups excluding carboxylic acids is 2. The van der Waals surface area contributed by atoms with Crippen molar-refractivity contribution >= 4 is 11.8 Å². The van der Waals surface area contributed by atoms with Gasteiger partial charge in [0.05, 0.1) is 0 Å². The molecule has 8 aliphatic rings. The fraction of sp³-hybridized carbons (Fsp3) is 0.923. The maximum Gasteiger partial charge on any atom is 0.220 e. The predicted molar refractivity (Wildman–Crippen MR) is 116 cm³/mol. The van der Waals surface area contributed by atoms with E-state index in [4.69, 9.17) is 0 Å². The van der Waals surface area contributed by atoms with Gasteiger partial charge in [0.2, 0.25) is 11.8 Å². The first-order chi connectivity index (χ1) is 14.5. The molecule has 0 aromatic rings. The summed E-state index contributed by atoms with van der Waals surface area (Å²) >= 11 is 0. The van der Waals surface area contributed by atoms with Crippen LogP contribution in [0.1, 0.15) is 89.9 Å². The topological polar surface area (TPSA) is 58.2 Å². The lowest BCUT2D eigenvalue weighted by atomic mass is 9.49. The number of hydrogen-bond acceptors (Lipinski definition) is 2. The van der Waals surface area contributed by atoms with Gasteiger partial charge in [-0.25, -0.2) is 0 Å². The third-order valence-corrected chi connectivity index (χ3v) is 10.2. The summed E-state index contributed by atoms with van der Waals surface area (Å²) in [5.74, 6) is 5.81. The van der Waals surface area contributed by atoms with Gasteiger partial charge in [-0.05, 0) is 123 Å². The van der Waals surface area contributed by atoms with E-state index in [-0.39, 0.29) is 11.8 Å². The average Bonchev–Trinajstić information content (AvgIpc) is 2.62. The average molecular weight is 413 g/mol. The molecule has 0 heterocycles. The summed E-state index contributed by atoms with van der Waals surface area (Å²) in [6.45, 7) is 1.16. The lowest BCUT2D eigenvalue weighted by molar-refractivity contribution is -0.131. The van der Waals surface area contributed by atoms with E-state index in [0.29, 0.717) is 23.9 Å². The van der Waals surface area contributed by atoms with Gasteiger partial charge in [-0.15, -0.1) is 0 Å². The van der Waals surface area contributed by atoms with E-state index in [2.05, 4.69) is 10.6 Å². The van der Waals surface area contributed by atoms with E-state index in [0.717, 1.165) is 48.3 Å². The molecule has 0 aromatic heterocycles. The van der Waals surface area contributed by atoms with Gasteiger partial charge in [0, 0.05) is 25.9 Å². The Bertz CT molecular complexity index is 583. The molecule has 0 aliphatic heterocycles. The van der Waals surface area contributed by atoms with E-state index < -0.39 is 0 Å². The molecule has 8 bridgehead atoms. The Morgan fingerprint density at radius 1 is 0.533 bits per heavy atom. The van der Waals surface area contributed by atoms with Crippen LogP contribution < -0.4 is 10.6 Å². The van der Waals surface area contributed by atoms with E-state index in [1.165, 1.54) is 77.0 Å². The SMILES string of the molecule is O=C(CC12CC3CC(CC(C3)C1)C2)NCCNC(=O)CC12CC3CC(CC(C3)C1)C2. The van der Waals surface area contributed by atoms with E-state index in [9.17, 15) is 9.59 Å². The fourth-order valence-electron chi connectivity index (χ4n) is 10.2. The Balaban J connectivity index is 0.934. The molecule has 2 amide bonds. The van der Waals surface area contributed by atoms with Gasteiger partial charge in [-0.2, -0.15) is 0 Å². The number of hydrogen-bond donors (Lipinski definition) is 2. The molecule has 0 unspecified atom stereocenters. The van der Waals surface area contributed by atoms with Crippen molar-refractivity contribution in [3.8, 4) is 0 Å². The highest BCUT2D eigenvalue weighted by atomic mass is 16.2. The molecule has 0 radical (unpaired) electrons. The molecule has 8 saturated carbocycles. The van der Waals surface area contributed by atoms with Crippen LogP contribution >= 0.6 is 0 Å². The second-order valence-electron chi connectivity index (χ2n) is 12.9. The first-order valence-corrected chi connectivity index (χ1v) is 13.0. The minimum Gasteiger partial charge on any atom is -0.354 e. The molecule has 166 valence electrons. The van der Waals surface area contributed by atoms with Crippen molar-refractivity contribution in [3.63, 3.8) is 0 Å².